The van der Waals surface area contributed by atoms with Crippen LogP contribution in [0.15, 0.2) is 48.5 Å². The van der Waals surface area contributed by atoms with Crippen molar-refractivity contribution in [3.05, 3.63) is 59.7 Å². The number of ether oxygens (including phenoxy) is 1. The number of rotatable bonds is 6. The van der Waals surface area contributed by atoms with Crippen LogP contribution in [0.1, 0.15) is 36.7 Å². The van der Waals surface area contributed by atoms with Gasteiger partial charge >= 0.3 is 12.1 Å². The van der Waals surface area contributed by atoms with E-state index >= 15 is 0 Å². The lowest BCUT2D eigenvalue weighted by atomic mass is 9.98. The van der Waals surface area contributed by atoms with E-state index in [0.717, 1.165) is 17.0 Å². The molecule has 2 aromatic rings. The van der Waals surface area contributed by atoms with E-state index in [1.807, 2.05) is 20.8 Å². The van der Waals surface area contributed by atoms with Crippen molar-refractivity contribution in [2.24, 2.45) is 0 Å². The number of nitrogens with one attached hydrogen (secondary N) is 1. The van der Waals surface area contributed by atoms with Crippen LogP contribution >= 0.6 is 0 Å². The van der Waals surface area contributed by atoms with Crippen LogP contribution < -0.4 is 5.32 Å². The Morgan fingerprint density at radius 1 is 0.969 bits per heavy atom. The Kier molecular flexibility index (Phi) is 7.66. The van der Waals surface area contributed by atoms with E-state index in [2.05, 4.69) is 5.32 Å². The predicted octanol–water partition coefficient (Wildman–Crippen LogP) is 3.90. The number of nitrogens with zero attached hydrogens (tertiary/aromatic N) is 1. The van der Waals surface area contributed by atoms with Gasteiger partial charge < -0.3 is 15.0 Å². The van der Waals surface area contributed by atoms with Gasteiger partial charge in [-0.1, -0.05) is 30.3 Å². The third kappa shape index (κ3) is 7.11. The van der Waals surface area contributed by atoms with E-state index in [4.69, 9.17) is 4.74 Å². The summed E-state index contributed by atoms with van der Waals surface area (Å²) in [6.07, 6.45) is -4.47. The van der Waals surface area contributed by atoms with Crippen molar-refractivity contribution >= 4 is 17.8 Å². The van der Waals surface area contributed by atoms with Crippen molar-refractivity contribution in [2.75, 3.05) is 20.2 Å². The highest BCUT2D eigenvalue weighted by Gasteiger charge is 2.30. The number of hydrogen-bond donors (Lipinski definition) is 1. The topological polar surface area (TPSA) is 75.7 Å². The molecule has 2 aromatic carbocycles. The second kappa shape index (κ2) is 9.84. The van der Waals surface area contributed by atoms with Crippen LogP contribution in [0.4, 0.5) is 13.2 Å². The molecule has 0 aliphatic carbocycles. The molecular formula is C23H25F3N2O4. The molecule has 0 heterocycles. The summed E-state index contributed by atoms with van der Waals surface area (Å²) in [5.41, 5.74) is -0.377. The Labute approximate surface area is 184 Å². The summed E-state index contributed by atoms with van der Waals surface area (Å²) in [5.74, 6) is -1.73. The van der Waals surface area contributed by atoms with Crippen LogP contribution in [0.5, 0.6) is 0 Å². The quantitative estimate of drug-likeness (QED) is 0.678. The summed E-state index contributed by atoms with van der Waals surface area (Å²) in [5, 5.41) is 2.72. The smallest absolute Gasteiger partial charge is 0.416 e. The first kappa shape index (κ1) is 24.9. The van der Waals surface area contributed by atoms with Crippen LogP contribution in [-0.4, -0.2) is 48.4 Å². The van der Waals surface area contributed by atoms with E-state index in [1.54, 1.807) is 18.2 Å². The number of halogens is 3. The van der Waals surface area contributed by atoms with Crippen LogP contribution in [-0.2, 0) is 20.5 Å². The van der Waals surface area contributed by atoms with Crippen LogP contribution in [0.2, 0.25) is 0 Å². The molecule has 2 rings (SSSR count). The number of amides is 2. The monoisotopic (exact) mass is 450 g/mol. The van der Waals surface area contributed by atoms with Gasteiger partial charge in [-0.15, -0.1) is 0 Å². The molecule has 0 aliphatic heterocycles. The van der Waals surface area contributed by atoms with Gasteiger partial charge in [0.2, 0.25) is 5.91 Å². The largest absolute Gasteiger partial charge is 0.452 e. The molecule has 6 nitrogen and oxygen atoms in total. The summed E-state index contributed by atoms with van der Waals surface area (Å²) in [7, 11) is 1.41. The number of hydrogen-bond acceptors (Lipinski definition) is 4. The highest BCUT2D eigenvalue weighted by Crippen LogP contribution is 2.32. The second-order valence-corrected chi connectivity index (χ2v) is 8.24. The normalized spacial score (nSPS) is 11.6. The van der Waals surface area contributed by atoms with Gasteiger partial charge in [0.25, 0.3) is 5.91 Å². The predicted molar refractivity (Wildman–Crippen MR) is 113 cm³/mol. The Morgan fingerprint density at radius 3 is 2.12 bits per heavy atom. The summed E-state index contributed by atoms with van der Waals surface area (Å²) in [6, 6.07) is 10.6. The first-order chi connectivity index (χ1) is 14.8. The Bertz CT molecular complexity index is 980. The lowest BCUT2D eigenvalue weighted by Gasteiger charge is -2.23. The number of alkyl halides is 3. The fourth-order valence-corrected chi connectivity index (χ4v) is 2.83. The molecular weight excluding hydrogens is 425 g/mol. The second-order valence-electron chi connectivity index (χ2n) is 8.24. The standard InChI is InChI=1S/C23H25F3N2O4/c1-22(2,3)27-19(29)13-28(4)20(30)14-32-21(31)18-8-6-5-7-17(18)15-9-11-16(12-10-15)23(24,25)26/h5-12H,13-14H2,1-4H3,(H,27,29). The first-order valence-corrected chi connectivity index (χ1v) is 9.76. The number of esters is 1. The summed E-state index contributed by atoms with van der Waals surface area (Å²) < 4.78 is 43.5. The molecule has 0 aliphatic rings. The lowest BCUT2D eigenvalue weighted by molar-refractivity contribution is -0.137. The Balaban J connectivity index is 2.05. The van der Waals surface area contributed by atoms with Crippen LogP contribution in [0.25, 0.3) is 11.1 Å². The highest BCUT2D eigenvalue weighted by atomic mass is 19.4. The van der Waals surface area contributed by atoms with Gasteiger partial charge in [-0.25, -0.2) is 4.79 Å². The van der Waals surface area contributed by atoms with Gasteiger partial charge in [-0.3, -0.25) is 9.59 Å². The van der Waals surface area contributed by atoms with Gasteiger partial charge in [-0.05, 0) is 50.1 Å². The summed E-state index contributed by atoms with van der Waals surface area (Å²) >= 11 is 0. The molecule has 0 fully saturated rings. The molecule has 172 valence electrons. The van der Waals surface area contributed by atoms with E-state index in [-0.39, 0.29) is 18.0 Å². The molecule has 0 saturated heterocycles. The van der Waals surface area contributed by atoms with Crippen molar-refractivity contribution in [2.45, 2.75) is 32.5 Å². The maximum atomic E-state index is 12.8. The molecule has 0 atom stereocenters. The first-order valence-electron chi connectivity index (χ1n) is 9.76. The Hall–Kier alpha value is -3.36. The van der Waals surface area contributed by atoms with E-state index in [0.29, 0.717) is 11.1 Å². The minimum absolute atomic E-state index is 0.105. The van der Waals surface area contributed by atoms with Crippen molar-refractivity contribution in [3.63, 3.8) is 0 Å². The van der Waals surface area contributed by atoms with Gasteiger partial charge in [0.15, 0.2) is 6.61 Å². The zero-order chi connectivity index (χ0) is 24.1. The van der Waals surface area contributed by atoms with E-state index in [9.17, 15) is 27.6 Å². The number of carbonyl (C=O) groups excluding carboxylic acids is 3. The zero-order valence-corrected chi connectivity index (χ0v) is 18.2. The molecule has 0 bridgehead atoms. The number of benzene rings is 2. The molecule has 0 aromatic heterocycles. The molecule has 0 unspecified atom stereocenters. The molecule has 9 heteroatoms. The van der Waals surface area contributed by atoms with Gasteiger partial charge in [0, 0.05) is 12.6 Å². The Morgan fingerprint density at radius 2 is 1.56 bits per heavy atom. The zero-order valence-electron chi connectivity index (χ0n) is 18.2. The minimum atomic E-state index is -4.47. The van der Waals surface area contributed by atoms with Gasteiger partial charge in [0.1, 0.15) is 0 Å². The average Bonchev–Trinajstić information content (AvgIpc) is 2.69. The molecule has 0 spiro atoms. The van der Waals surface area contributed by atoms with Crippen LogP contribution in [0, 0.1) is 0 Å². The SMILES string of the molecule is CN(CC(=O)NC(C)(C)C)C(=O)COC(=O)c1ccccc1-c1ccc(C(F)(F)F)cc1. The number of carbonyl (C=O) groups is 3. The fraction of sp³-hybridized carbons (Fsp3) is 0.348. The third-order valence-electron chi connectivity index (χ3n) is 4.32. The van der Waals surface area contributed by atoms with E-state index < -0.39 is 35.8 Å². The van der Waals surface area contributed by atoms with Crippen molar-refractivity contribution < 1.29 is 32.3 Å². The summed E-state index contributed by atoms with van der Waals surface area (Å²) in [4.78, 5) is 37.9. The lowest BCUT2D eigenvalue weighted by Crippen LogP contribution is -2.46. The van der Waals surface area contributed by atoms with Crippen LogP contribution in [0.3, 0.4) is 0 Å². The average molecular weight is 450 g/mol. The fourth-order valence-electron chi connectivity index (χ4n) is 2.83. The molecule has 0 saturated carbocycles. The highest BCUT2D eigenvalue weighted by molar-refractivity contribution is 5.98. The molecule has 0 radical (unpaired) electrons. The van der Waals surface area contributed by atoms with Crippen molar-refractivity contribution in [1.82, 2.24) is 10.2 Å². The number of likely N-dealkylation sites (N-methyl/N-ethyl adjacent to an activating group) is 1. The minimum Gasteiger partial charge on any atom is -0.452 e. The molecule has 32 heavy (non-hydrogen) atoms. The van der Waals surface area contributed by atoms with Gasteiger partial charge in [0.05, 0.1) is 17.7 Å². The molecule has 2 amide bonds. The third-order valence-corrected chi connectivity index (χ3v) is 4.32. The molecule has 1 N–H and O–H groups in total. The van der Waals surface area contributed by atoms with Crippen molar-refractivity contribution in [3.8, 4) is 11.1 Å². The maximum absolute atomic E-state index is 12.8. The van der Waals surface area contributed by atoms with Crippen molar-refractivity contribution in [1.29, 1.82) is 0 Å². The van der Waals surface area contributed by atoms with E-state index in [1.165, 1.54) is 25.2 Å². The maximum Gasteiger partial charge on any atom is 0.416 e. The summed E-state index contributed by atoms with van der Waals surface area (Å²) in [6.45, 7) is 4.64. The van der Waals surface area contributed by atoms with Gasteiger partial charge in [-0.2, -0.15) is 13.2 Å².